The molecule has 0 aliphatic carbocycles. The molecule has 1 saturated heterocycles. The second-order valence-corrected chi connectivity index (χ2v) is 14.0. The van der Waals surface area contributed by atoms with E-state index in [9.17, 15) is 9.59 Å². The van der Waals surface area contributed by atoms with Crippen LogP contribution in [0.2, 0.25) is 0 Å². The van der Waals surface area contributed by atoms with Crippen LogP contribution in [0.1, 0.15) is 181 Å². The Hall–Kier alpha value is -2.14. The van der Waals surface area contributed by atoms with Crippen molar-refractivity contribution in [2.24, 2.45) is 5.41 Å². The summed E-state index contributed by atoms with van der Waals surface area (Å²) >= 11 is 0. The smallest absolute Gasteiger partial charge is 0.305 e. The van der Waals surface area contributed by atoms with E-state index in [4.69, 9.17) is 9.47 Å². The molecule has 1 aliphatic heterocycles. The minimum absolute atomic E-state index is 0.116. The molecule has 5 nitrogen and oxygen atoms in total. The number of ether oxygens (including phenoxy) is 2. The highest BCUT2D eigenvalue weighted by Gasteiger charge is 2.35. The number of unbranched alkanes of at least 4 members (excludes halogenated alkanes) is 16. The van der Waals surface area contributed by atoms with Crippen molar-refractivity contribution in [2.75, 3.05) is 26.3 Å². The minimum atomic E-state index is -0.257. The number of rotatable bonds is 32. The first-order chi connectivity index (χ1) is 23.6. The summed E-state index contributed by atoms with van der Waals surface area (Å²) in [7, 11) is 0. The lowest BCUT2D eigenvalue weighted by molar-refractivity contribution is -0.155. The highest BCUT2D eigenvalue weighted by Crippen LogP contribution is 2.30. The van der Waals surface area contributed by atoms with Crippen molar-refractivity contribution in [3.8, 4) is 0 Å². The molecule has 0 saturated carbocycles. The highest BCUT2D eigenvalue weighted by molar-refractivity contribution is 5.69. The fourth-order valence-electron chi connectivity index (χ4n) is 6.06. The largest absolute Gasteiger partial charge is 0.465 e. The number of allylic oxidation sites excluding steroid dienone is 8. The van der Waals surface area contributed by atoms with Crippen LogP contribution >= 0.6 is 0 Å². The summed E-state index contributed by atoms with van der Waals surface area (Å²) in [6, 6.07) is 0. The number of esters is 2. The Morgan fingerprint density at radius 3 is 1.25 bits per heavy atom. The average Bonchev–Trinajstić information content (AvgIpc) is 3.10. The van der Waals surface area contributed by atoms with Crippen molar-refractivity contribution in [1.82, 2.24) is 5.32 Å². The topological polar surface area (TPSA) is 64.6 Å². The van der Waals surface area contributed by atoms with Gasteiger partial charge >= 0.3 is 11.9 Å². The Balaban J connectivity index is 2.07. The summed E-state index contributed by atoms with van der Waals surface area (Å²) in [5, 5.41) is 3.39. The summed E-state index contributed by atoms with van der Waals surface area (Å²) < 4.78 is 11.5. The van der Waals surface area contributed by atoms with Crippen molar-refractivity contribution < 1.29 is 19.1 Å². The molecule has 1 aliphatic rings. The number of carbonyl (C=O) groups excluding carboxylic acids is 2. The maximum atomic E-state index is 12.5. The lowest BCUT2D eigenvalue weighted by Gasteiger charge is -2.36. The van der Waals surface area contributed by atoms with Crippen molar-refractivity contribution in [3.05, 3.63) is 48.6 Å². The first kappa shape index (κ1) is 43.9. The summed E-state index contributed by atoms with van der Waals surface area (Å²) in [4.78, 5) is 25.0. The lowest BCUT2D eigenvalue weighted by Crippen LogP contribution is -2.43. The molecule has 1 N–H and O–H groups in total. The van der Waals surface area contributed by atoms with Gasteiger partial charge in [-0.15, -0.1) is 0 Å². The Morgan fingerprint density at radius 2 is 0.854 bits per heavy atom. The van der Waals surface area contributed by atoms with Gasteiger partial charge in [0.15, 0.2) is 0 Å². The van der Waals surface area contributed by atoms with Crippen LogP contribution in [-0.4, -0.2) is 38.2 Å². The van der Waals surface area contributed by atoms with E-state index < -0.39 is 0 Å². The molecule has 0 atom stereocenters. The summed E-state index contributed by atoms with van der Waals surface area (Å²) in [6.07, 6.45) is 46.8. The Labute approximate surface area is 296 Å². The van der Waals surface area contributed by atoms with E-state index in [2.05, 4.69) is 67.8 Å². The van der Waals surface area contributed by atoms with Crippen LogP contribution in [0.5, 0.6) is 0 Å². The van der Waals surface area contributed by atoms with E-state index in [1.807, 2.05) is 0 Å². The number of hydrogen-bond donors (Lipinski definition) is 1. The number of nitrogens with one attached hydrogen (secondary N) is 1. The average molecular weight is 670 g/mol. The van der Waals surface area contributed by atoms with Crippen molar-refractivity contribution in [1.29, 1.82) is 0 Å². The predicted molar refractivity (Wildman–Crippen MR) is 205 cm³/mol. The molecule has 0 spiro atoms. The third-order valence-electron chi connectivity index (χ3n) is 9.41. The van der Waals surface area contributed by atoms with Crippen LogP contribution in [0, 0.1) is 5.41 Å². The van der Waals surface area contributed by atoms with Gasteiger partial charge in [-0.25, -0.2) is 0 Å². The summed E-state index contributed by atoms with van der Waals surface area (Å²) in [5.74, 6) is -0.231. The molecule has 276 valence electrons. The molecule has 1 rings (SSSR count). The van der Waals surface area contributed by atoms with Crippen LogP contribution in [0.4, 0.5) is 0 Å². The fourth-order valence-corrected chi connectivity index (χ4v) is 6.06. The molecule has 0 radical (unpaired) electrons. The van der Waals surface area contributed by atoms with Gasteiger partial charge in [0.1, 0.15) is 13.2 Å². The Morgan fingerprint density at radius 1 is 0.500 bits per heavy atom. The first-order valence-corrected chi connectivity index (χ1v) is 20.2. The van der Waals surface area contributed by atoms with Gasteiger partial charge in [0.2, 0.25) is 0 Å². The molecule has 0 unspecified atom stereocenters. The maximum Gasteiger partial charge on any atom is 0.305 e. The molecular formula is C43H75NO4. The highest BCUT2D eigenvalue weighted by atomic mass is 16.5. The van der Waals surface area contributed by atoms with Crippen LogP contribution in [-0.2, 0) is 19.1 Å². The van der Waals surface area contributed by atoms with Crippen LogP contribution in [0.25, 0.3) is 0 Å². The van der Waals surface area contributed by atoms with Gasteiger partial charge in [-0.1, -0.05) is 127 Å². The SMILES string of the molecule is CCCCC/C=C\C/C=C\CCCCCCCC(=O)OCC1(COC(=O)CCCCCCC/C=C\C/C=C\CCCCC)CCNCC1. The molecule has 0 aromatic heterocycles. The molecule has 1 fully saturated rings. The zero-order valence-electron chi connectivity index (χ0n) is 31.5. The van der Waals surface area contributed by atoms with Crippen LogP contribution < -0.4 is 5.32 Å². The number of carbonyl (C=O) groups is 2. The fraction of sp³-hybridized carbons (Fsp3) is 0.767. The van der Waals surface area contributed by atoms with E-state index >= 15 is 0 Å². The van der Waals surface area contributed by atoms with E-state index in [0.29, 0.717) is 26.1 Å². The van der Waals surface area contributed by atoms with Gasteiger partial charge < -0.3 is 14.8 Å². The van der Waals surface area contributed by atoms with Crippen LogP contribution in [0.3, 0.4) is 0 Å². The molecule has 0 aromatic carbocycles. The van der Waals surface area contributed by atoms with E-state index in [1.165, 1.54) is 89.9 Å². The molecule has 0 aromatic rings. The van der Waals surface area contributed by atoms with Crippen LogP contribution in [0.15, 0.2) is 48.6 Å². The second kappa shape index (κ2) is 33.4. The maximum absolute atomic E-state index is 12.5. The lowest BCUT2D eigenvalue weighted by atomic mass is 9.80. The molecule has 48 heavy (non-hydrogen) atoms. The third-order valence-corrected chi connectivity index (χ3v) is 9.41. The zero-order chi connectivity index (χ0) is 34.6. The van der Waals surface area contributed by atoms with Gasteiger partial charge in [0.05, 0.1) is 0 Å². The third kappa shape index (κ3) is 27.8. The number of piperidine rings is 1. The van der Waals surface area contributed by atoms with Gasteiger partial charge in [-0.2, -0.15) is 0 Å². The summed E-state index contributed by atoms with van der Waals surface area (Å²) in [5.41, 5.74) is -0.257. The van der Waals surface area contributed by atoms with E-state index in [-0.39, 0.29) is 17.4 Å². The predicted octanol–water partition coefficient (Wildman–Crippen LogP) is 12.1. The Kier molecular flexibility index (Phi) is 30.5. The van der Waals surface area contributed by atoms with Gasteiger partial charge in [-0.3, -0.25) is 9.59 Å². The van der Waals surface area contributed by atoms with Gasteiger partial charge in [0, 0.05) is 18.3 Å². The molecule has 1 heterocycles. The summed E-state index contributed by atoms with van der Waals surface area (Å²) in [6.45, 7) is 6.93. The molecule has 5 heteroatoms. The van der Waals surface area contributed by atoms with Crippen molar-refractivity contribution in [2.45, 2.75) is 181 Å². The van der Waals surface area contributed by atoms with Crippen molar-refractivity contribution in [3.63, 3.8) is 0 Å². The monoisotopic (exact) mass is 670 g/mol. The standard InChI is InChI=1S/C43H75NO4/c1-3-5-7-9-11-13-15-17-19-21-23-25-27-29-31-33-41(45)47-39-43(35-37-44-38-36-43)40-48-42(46)34-32-30-28-26-24-22-20-18-16-14-12-10-8-6-4-2/h11-14,17-20,44H,3-10,15-16,21-40H2,1-2H3/b13-11-,14-12-,19-17-,20-18-. The van der Waals surface area contributed by atoms with Gasteiger partial charge in [-0.05, 0) is 103 Å². The molecular weight excluding hydrogens is 594 g/mol. The molecule has 0 bridgehead atoms. The number of hydrogen-bond acceptors (Lipinski definition) is 5. The van der Waals surface area contributed by atoms with Crippen molar-refractivity contribution >= 4 is 11.9 Å². The second-order valence-electron chi connectivity index (χ2n) is 14.0. The zero-order valence-corrected chi connectivity index (χ0v) is 31.5. The van der Waals surface area contributed by atoms with E-state index in [0.717, 1.165) is 77.3 Å². The van der Waals surface area contributed by atoms with Gasteiger partial charge in [0.25, 0.3) is 0 Å². The molecule has 0 amide bonds. The first-order valence-electron chi connectivity index (χ1n) is 20.2. The Bertz CT molecular complexity index is 804. The van der Waals surface area contributed by atoms with E-state index in [1.54, 1.807) is 0 Å². The normalized spacial score (nSPS) is 15.0. The quantitative estimate of drug-likeness (QED) is 0.0439. The minimum Gasteiger partial charge on any atom is -0.465 e.